The maximum atomic E-state index is 12.3. The van der Waals surface area contributed by atoms with Gasteiger partial charge in [0, 0.05) is 6.54 Å². The summed E-state index contributed by atoms with van der Waals surface area (Å²) in [5, 5.41) is 2.76. The summed E-state index contributed by atoms with van der Waals surface area (Å²) in [6.45, 7) is 13.4. The van der Waals surface area contributed by atoms with Crippen molar-refractivity contribution in [1.29, 1.82) is 0 Å². The summed E-state index contributed by atoms with van der Waals surface area (Å²) in [6.07, 6.45) is 0.678. The molecule has 2 atom stereocenters. The molecule has 2 fully saturated rings. The van der Waals surface area contributed by atoms with Crippen LogP contribution in [0, 0.1) is 16.7 Å². The van der Waals surface area contributed by atoms with Crippen LogP contribution in [0.15, 0.2) is 0 Å². The molecule has 19 heavy (non-hydrogen) atoms. The summed E-state index contributed by atoms with van der Waals surface area (Å²) in [5.74, 6) is 0.520. The van der Waals surface area contributed by atoms with E-state index in [-0.39, 0.29) is 34.7 Å². The van der Waals surface area contributed by atoms with Gasteiger partial charge in [0.1, 0.15) is 12.1 Å². The summed E-state index contributed by atoms with van der Waals surface area (Å²) in [6, 6.07) is -0.684. The van der Waals surface area contributed by atoms with Crippen LogP contribution in [-0.2, 0) is 9.59 Å². The maximum Gasteiger partial charge on any atom is 0.245 e. The molecule has 1 aliphatic heterocycles. The van der Waals surface area contributed by atoms with E-state index in [4.69, 9.17) is 0 Å². The van der Waals surface area contributed by atoms with Gasteiger partial charge in [-0.15, -0.1) is 0 Å². The van der Waals surface area contributed by atoms with Crippen LogP contribution >= 0.6 is 0 Å². The van der Waals surface area contributed by atoms with Gasteiger partial charge in [-0.25, -0.2) is 0 Å². The van der Waals surface area contributed by atoms with Crippen molar-refractivity contribution in [3.05, 3.63) is 0 Å². The fourth-order valence-electron chi connectivity index (χ4n) is 3.52. The van der Waals surface area contributed by atoms with Crippen LogP contribution in [0.2, 0.25) is 0 Å². The Morgan fingerprint density at radius 1 is 1.16 bits per heavy atom. The average Bonchev–Trinajstić information content (AvgIpc) is 2.68. The van der Waals surface area contributed by atoms with E-state index in [1.165, 1.54) is 0 Å². The smallest absolute Gasteiger partial charge is 0.245 e. The molecule has 4 nitrogen and oxygen atoms in total. The molecule has 1 aliphatic carbocycles. The van der Waals surface area contributed by atoms with Crippen LogP contribution in [0.3, 0.4) is 0 Å². The average molecular weight is 266 g/mol. The van der Waals surface area contributed by atoms with Gasteiger partial charge in [0.25, 0.3) is 0 Å². The number of rotatable bonds is 3. The van der Waals surface area contributed by atoms with E-state index in [2.05, 4.69) is 33.0 Å². The first-order chi connectivity index (χ1) is 8.64. The second-order valence-corrected chi connectivity index (χ2v) is 7.14. The lowest BCUT2D eigenvalue weighted by Crippen LogP contribution is -2.62. The fourth-order valence-corrected chi connectivity index (χ4v) is 3.52. The van der Waals surface area contributed by atoms with Gasteiger partial charge in [0.05, 0.1) is 0 Å². The minimum Gasteiger partial charge on any atom is -0.343 e. The SMILES string of the molecule is CCC1C(=O)NC(C)C(=O)N1CC1C(C)(C)C1(C)C. The first-order valence-electron chi connectivity index (χ1n) is 7.25. The molecule has 2 rings (SSSR count). The van der Waals surface area contributed by atoms with Gasteiger partial charge in [0.2, 0.25) is 11.8 Å². The molecule has 2 unspecified atom stereocenters. The topological polar surface area (TPSA) is 49.4 Å². The van der Waals surface area contributed by atoms with Crippen molar-refractivity contribution in [1.82, 2.24) is 10.2 Å². The fraction of sp³-hybridized carbons (Fsp3) is 0.867. The van der Waals surface area contributed by atoms with Crippen LogP contribution in [-0.4, -0.2) is 35.3 Å². The van der Waals surface area contributed by atoms with Crippen LogP contribution in [0.25, 0.3) is 0 Å². The zero-order chi connectivity index (χ0) is 14.6. The van der Waals surface area contributed by atoms with Gasteiger partial charge in [-0.2, -0.15) is 0 Å². The third-order valence-electron chi connectivity index (χ3n) is 5.78. The zero-order valence-corrected chi connectivity index (χ0v) is 12.9. The molecule has 4 heteroatoms. The Labute approximate surface area is 115 Å². The highest BCUT2D eigenvalue weighted by molar-refractivity contribution is 5.96. The normalized spacial score (nSPS) is 33.3. The Morgan fingerprint density at radius 3 is 2.11 bits per heavy atom. The lowest BCUT2D eigenvalue weighted by atomic mass is 10.0. The molecule has 1 saturated heterocycles. The molecule has 1 N–H and O–H groups in total. The number of hydrogen-bond acceptors (Lipinski definition) is 2. The van der Waals surface area contributed by atoms with Crippen LogP contribution in [0.4, 0.5) is 0 Å². The first-order valence-corrected chi connectivity index (χ1v) is 7.25. The van der Waals surface area contributed by atoms with Crippen LogP contribution in [0.5, 0.6) is 0 Å². The van der Waals surface area contributed by atoms with E-state index in [9.17, 15) is 9.59 Å². The monoisotopic (exact) mass is 266 g/mol. The lowest BCUT2D eigenvalue weighted by molar-refractivity contribution is -0.149. The molecule has 1 saturated carbocycles. The molecule has 0 bridgehead atoms. The van der Waals surface area contributed by atoms with Crippen molar-refractivity contribution in [3.8, 4) is 0 Å². The van der Waals surface area contributed by atoms with E-state index < -0.39 is 0 Å². The Balaban J connectivity index is 2.17. The highest BCUT2D eigenvalue weighted by Gasteiger charge is 2.65. The van der Waals surface area contributed by atoms with Crippen molar-refractivity contribution in [2.24, 2.45) is 16.7 Å². The first kappa shape index (κ1) is 14.4. The number of carbonyl (C=O) groups excluding carboxylic acids is 2. The van der Waals surface area contributed by atoms with Gasteiger partial charge in [-0.3, -0.25) is 9.59 Å². The minimum absolute atomic E-state index is 0.00846. The molecule has 0 aromatic heterocycles. The highest BCUT2D eigenvalue weighted by Crippen LogP contribution is 2.68. The van der Waals surface area contributed by atoms with Gasteiger partial charge < -0.3 is 10.2 Å². The zero-order valence-electron chi connectivity index (χ0n) is 12.9. The number of amides is 2. The Kier molecular flexibility index (Phi) is 3.19. The minimum atomic E-state index is -0.389. The Bertz CT molecular complexity index is 400. The Hall–Kier alpha value is -1.06. The lowest BCUT2D eigenvalue weighted by Gasteiger charge is -2.38. The number of nitrogens with one attached hydrogen (secondary N) is 1. The molecule has 0 radical (unpaired) electrons. The molecular weight excluding hydrogens is 240 g/mol. The van der Waals surface area contributed by atoms with E-state index >= 15 is 0 Å². The largest absolute Gasteiger partial charge is 0.343 e. The maximum absolute atomic E-state index is 12.3. The second kappa shape index (κ2) is 4.22. The Morgan fingerprint density at radius 2 is 1.68 bits per heavy atom. The number of nitrogens with zero attached hydrogens (tertiary/aromatic N) is 1. The van der Waals surface area contributed by atoms with E-state index in [1.807, 2.05) is 11.8 Å². The van der Waals surface area contributed by atoms with Crippen LogP contribution < -0.4 is 5.32 Å². The highest BCUT2D eigenvalue weighted by atomic mass is 16.2. The number of hydrogen-bond donors (Lipinski definition) is 1. The predicted molar refractivity (Wildman–Crippen MR) is 74.4 cm³/mol. The molecular formula is C15H26N2O2. The number of carbonyl (C=O) groups is 2. The van der Waals surface area contributed by atoms with Crippen molar-refractivity contribution < 1.29 is 9.59 Å². The third-order valence-corrected chi connectivity index (χ3v) is 5.78. The molecule has 2 aliphatic rings. The van der Waals surface area contributed by atoms with E-state index in [1.54, 1.807) is 6.92 Å². The standard InChI is InChI=1S/C15H26N2O2/c1-7-10-12(18)16-9(2)13(19)17(10)8-11-14(3,4)15(11,5)6/h9-11H,7-8H2,1-6H3,(H,16,18). The quantitative estimate of drug-likeness (QED) is 0.846. The van der Waals surface area contributed by atoms with Gasteiger partial charge in [-0.05, 0) is 30.1 Å². The van der Waals surface area contributed by atoms with E-state index in [0.717, 1.165) is 0 Å². The summed E-state index contributed by atoms with van der Waals surface area (Å²) >= 11 is 0. The number of piperazine rings is 1. The summed E-state index contributed by atoms with van der Waals surface area (Å²) in [7, 11) is 0. The van der Waals surface area contributed by atoms with Crippen molar-refractivity contribution >= 4 is 11.8 Å². The predicted octanol–water partition coefficient (Wildman–Crippen LogP) is 1.79. The summed E-state index contributed by atoms with van der Waals surface area (Å²) < 4.78 is 0. The van der Waals surface area contributed by atoms with Gasteiger partial charge in [-0.1, -0.05) is 34.6 Å². The van der Waals surface area contributed by atoms with Gasteiger partial charge >= 0.3 is 0 Å². The molecule has 2 amide bonds. The molecule has 0 spiro atoms. The molecule has 0 aromatic rings. The summed E-state index contributed by atoms with van der Waals surface area (Å²) in [4.78, 5) is 26.2. The van der Waals surface area contributed by atoms with Gasteiger partial charge in [0.15, 0.2) is 0 Å². The third kappa shape index (κ3) is 1.96. The van der Waals surface area contributed by atoms with E-state index in [0.29, 0.717) is 18.9 Å². The molecule has 0 aromatic carbocycles. The second-order valence-electron chi connectivity index (χ2n) is 7.14. The molecule has 108 valence electrons. The van der Waals surface area contributed by atoms with Crippen molar-refractivity contribution in [3.63, 3.8) is 0 Å². The molecule has 1 heterocycles. The summed E-state index contributed by atoms with van der Waals surface area (Å²) in [5.41, 5.74) is 0.478. The van der Waals surface area contributed by atoms with Crippen molar-refractivity contribution in [2.45, 2.75) is 60.0 Å². The van der Waals surface area contributed by atoms with Crippen LogP contribution in [0.1, 0.15) is 48.0 Å². The van der Waals surface area contributed by atoms with Crippen molar-refractivity contribution in [2.75, 3.05) is 6.54 Å².